The van der Waals surface area contributed by atoms with Crippen LogP contribution in [0.4, 0.5) is 0 Å². The molecule has 0 aromatic heterocycles. The van der Waals surface area contributed by atoms with E-state index in [9.17, 15) is 0 Å². The summed E-state index contributed by atoms with van der Waals surface area (Å²) in [6.45, 7) is 4.00. The molecule has 0 heterocycles. The quantitative estimate of drug-likeness (QED) is 0.505. The standard InChI is InChI=1S/C2H6S.C2H6.CH4S/c1-3-2;2*1-2/h1-2H3;1-2H3;2H,1H3. The van der Waals surface area contributed by atoms with Gasteiger partial charge in [0.1, 0.15) is 0 Å². The molecule has 0 nitrogen and oxygen atoms in total. The Morgan fingerprint density at radius 2 is 1.00 bits per heavy atom. The lowest BCUT2D eigenvalue weighted by Gasteiger charge is -1.51. The van der Waals surface area contributed by atoms with Crippen molar-refractivity contribution in [1.29, 1.82) is 0 Å². The molecule has 0 unspecified atom stereocenters. The van der Waals surface area contributed by atoms with Gasteiger partial charge in [-0.25, -0.2) is 0 Å². The van der Waals surface area contributed by atoms with Gasteiger partial charge in [-0.2, -0.15) is 24.4 Å². The Morgan fingerprint density at radius 1 is 1.00 bits per heavy atom. The fraction of sp³-hybridized carbons (Fsp3) is 1.00. The van der Waals surface area contributed by atoms with Crippen LogP contribution in [-0.2, 0) is 0 Å². The molecule has 0 aromatic carbocycles. The summed E-state index contributed by atoms with van der Waals surface area (Å²) in [7, 11) is 0. The maximum atomic E-state index is 3.53. The Kier molecular flexibility index (Phi) is 168. The van der Waals surface area contributed by atoms with Crippen molar-refractivity contribution in [3.8, 4) is 0 Å². The minimum Gasteiger partial charge on any atom is -0.183 e. The van der Waals surface area contributed by atoms with Gasteiger partial charge in [0, 0.05) is 0 Å². The number of thioether (sulfide) groups is 1. The molecule has 0 saturated carbocycles. The molecule has 0 fully saturated rings. The molecule has 0 aliphatic carbocycles. The van der Waals surface area contributed by atoms with Gasteiger partial charge in [0.25, 0.3) is 0 Å². The Hall–Kier alpha value is 0.700. The van der Waals surface area contributed by atoms with E-state index in [1.807, 2.05) is 26.4 Å². The molecule has 0 rings (SSSR count). The van der Waals surface area contributed by atoms with Crippen molar-refractivity contribution in [2.24, 2.45) is 0 Å². The molecular weight excluding hydrogens is 124 g/mol. The molecular formula is C5H16S2. The van der Waals surface area contributed by atoms with Gasteiger partial charge in [0.15, 0.2) is 0 Å². The zero-order valence-corrected chi connectivity index (χ0v) is 7.57. The van der Waals surface area contributed by atoms with E-state index < -0.39 is 0 Å². The maximum absolute atomic E-state index is 3.53. The number of hydrogen-bond acceptors (Lipinski definition) is 2. The number of hydrogen-bond donors (Lipinski definition) is 1. The van der Waals surface area contributed by atoms with E-state index in [2.05, 4.69) is 12.6 Å². The van der Waals surface area contributed by atoms with Gasteiger partial charge in [0.05, 0.1) is 0 Å². The Bertz CT molecular complexity index is 6.04. The molecule has 0 amide bonds. The largest absolute Gasteiger partial charge is 0.183 e. The van der Waals surface area contributed by atoms with Gasteiger partial charge in [0.2, 0.25) is 0 Å². The fourth-order valence-corrected chi connectivity index (χ4v) is 0. The Morgan fingerprint density at radius 3 is 1.00 bits per heavy atom. The van der Waals surface area contributed by atoms with Crippen LogP contribution in [-0.4, -0.2) is 18.8 Å². The third-order valence-corrected chi connectivity index (χ3v) is 0. The van der Waals surface area contributed by atoms with Crippen molar-refractivity contribution < 1.29 is 0 Å². The molecule has 0 N–H and O–H groups in total. The van der Waals surface area contributed by atoms with Crippen LogP contribution in [0.2, 0.25) is 0 Å². The summed E-state index contributed by atoms with van der Waals surface area (Å²) in [5, 5.41) is 0. The highest BCUT2D eigenvalue weighted by molar-refractivity contribution is 7.97. The molecule has 0 saturated heterocycles. The van der Waals surface area contributed by atoms with Crippen LogP contribution in [0.25, 0.3) is 0 Å². The normalized spacial score (nSPS) is 4.29. The Labute approximate surface area is 57.5 Å². The highest BCUT2D eigenvalue weighted by Crippen LogP contribution is 1.70. The van der Waals surface area contributed by atoms with E-state index in [0.717, 1.165) is 0 Å². The van der Waals surface area contributed by atoms with Crippen molar-refractivity contribution in [2.45, 2.75) is 13.8 Å². The summed E-state index contributed by atoms with van der Waals surface area (Å²) >= 11 is 5.28. The van der Waals surface area contributed by atoms with E-state index in [1.54, 1.807) is 18.0 Å². The number of thiol groups is 1. The highest BCUT2D eigenvalue weighted by Gasteiger charge is 1.32. The first-order valence-corrected chi connectivity index (χ1v) is 4.79. The smallest absolute Gasteiger partial charge is 0.0187 e. The molecule has 0 radical (unpaired) electrons. The van der Waals surface area contributed by atoms with Gasteiger partial charge < -0.3 is 0 Å². The van der Waals surface area contributed by atoms with Crippen molar-refractivity contribution in [1.82, 2.24) is 0 Å². The molecule has 7 heavy (non-hydrogen) atoms. The first-order chi connectivity index (χ1) is 3.41. The lowest BCUT2D eigenvalue weighted by Crippen LogP contribution is -1.25. The zero-order valence-electron chi connectivity index (χ0n) is 5.86. The third-order valence-electron chi connectivity index (χ3n) is 0. The van der Waals surface area contributed by atoms with Crippen LogP contribution >= 0.6 is 24.4 Å². The predicted octanol–water partition coefficient (Wildman–Crippen LogP) is 2.55. The van der Waals surface area contributed by atoms with Crippen LogP contribution < -0.4 is 0 Å². The molecule has 0 atom stereocenters. The SMILES string of the molecule is CC.CS.CSC. The van der Waals surface area contributed by atoms with E-state index in [4.69, 9.17) is 0 Å². The summed E-state index contributed by atoms with van der Waals surface area (Å²) in [4.78, 5) is 0. The second kappa shape index (κ2) is 75.3. The summed E-state index contributed by atoms with van der Waals surface area (Å²) in [5.74, 6) is 0. The Balaban J connectivity index is -0.0000000360. The topological polar surface area (TPSA) is 0 Å². The molecule has 0 aliphatic rings. The third kappa shape index (κ3) is 302. The second-order valence-corrected chi connectivity index (χ2v) is 1.22. The minimum absolute atomic E-state index is 1.69. The molecule has 0 aliphatic heterocycles. The van der Waals surface area contributed by atoms with Gasteiger partial charge >= 0.3 is 0 Å². The molecule has 2 heteroatoms. The van der Waals surface area contributed by atoms with E-state index in [1.165, 1.54) is 0 Å². The van der Waals surface area contributed by atoms with E-state index >= 15 is 0 Å². The lowest BCUT2D eigenvalue weighted by molar-refractivity contribution is 1.50. The van der Waals surface area contributed by atoms with E-state index in [-0.39, 0.29) is 0 Å². The average Bonchev–Trinajstić information content (AvgIpc) is 1.78. The molecule has 0 aromatic rings. The maximum Gasteiger partial charge on any atom is -0.0187 e. The predicted molar refractivity (Wildman–Crippen MR) is 45.7 cm³/mol. The molecule has 0 spiro atoms. The molecule has 48 valence electrons. The first-order valence-electron chi connectivity index (χ1n) is 2.26. The van der Waals surface area contributed by atoms with Crippen LogP contribution in [0.1, 0.15) is 13.8 Å². The van der Waals surface area contributed by atoms with E-state index in [0.29, 0.717) is 0 Å². The van der Waals surface area contributed by atoms with Gasteiger partial charge in [-0.1, -0.05) is 13.8 Å². The first kappa shape index (κ1) is 15.6. The molecule has 0 bridgehead atoms. The summed E-state index contributed by atoms with van der Waals surface area (Å²) in [6, 6.07) is 0. The van der Waals surface area contributed by atoms with Crippen molar-refractivity contribution in [2.75, 3.05) is 18.8 Å². The number of rotatable bonds is 0. The van der Waals surface area contributed by atoms with Crippen molar-refractivity contribution in [3.63, 3.8) is 0 Å². The highest BCUT2D eigenvalue weighted by atomic mass is 32.2. The summed E-state index contributed by atoms with van der Waals surface area (Å²) < 4.78 is 0. The van der Waals surface area contributed by atoms with Crippen LogP contribution in [0.3, 0.4) is 0 Å². The average molecular weight is 140 g/mol. The fourth-order valence-electron chi connectivity index (χ4n) is 0. The van der Waals surface area contributed by atoms with Crippen molar-refractivity contribution >= 4 is 24.4 Å². The van der Waals surface area contributed by atoms with Gasteiger partial charge in [-0.3, -0.25) is 0 Å². The van der Waals surface area contributed by atoms with Gasteiger partial charge in [-0.15, -0.1) is 0 Å². The summed E-state index contributed by atoms with van der Waals surface area (Å²) in [5.41, 5.74) is 0. The minimum atomic E-state index is 1.69. The van der Waals surface area contributed by atoms with Crippen molar-refractivity contribution in [3.05, 3.63) is 0 Å². The van der Waals surface area contributed by atoms with Gasteiger partial charge in [-0.05, 0) is 18.8 Å². The van der Waals surface area contributed by atoms with Crippen LogP contribution in [0.15, 0.2) is 0 Å². The lowest BCUT2D eigenvalue weighted by atomic mass is 11.0. The monoisotopic (exact) mass is 140 g/mol. The van der Waals surface area contributed by atoms with Crippen LogP contribution in [0.5, 0.6) is 0 Å². The van der Waals surface area contributed by atoms with Crippen LogP contribution in [0, 0.1) is 0 Å². The summed E-state index contributed by atoms with van der Waals surface area (Å²) in [6.07, 6.45) is 5.78. The second-order valence-electron chi connectivity index (χ2n) is 0.408. The zero-order chi connectivity index (χ0) is 6.71.